The fourth-order valence-electron chi connectivity index (χ4n) is 2.56. The molecule has 0 fully saturated rings. The van der Waals surface area contributed by atoms with Gasteiger partial charge in [-0.1, -0.05) is 25.1 Å². The normalized spacial score (nSPS) is 10.6. The van der Waals surface area contributed by atoms with E-state index in [0.717, 1.165) is 40.3 Å². The van der Waals surface area contributed by atoms with E-state index in [-0.39, 0.29) is 18.3 Å². The number of rotatable bonds is 5. The Morgan fingerprint density at radius 3 is 2.79 bits per heavy atom. The summed E-state index contributed by atoms with van der Waals surface area (Å²) in [6, 6.07) is 9.80. The van der Waals surface area contributed by atoms with Gasteiger partial charge in [-0.25, -0.2) is 0 Å². The highest BCUT2D eigenvalue weighted by Crippen LogP contribution is 2.28. The first-order valence-electron chi connectivity index (χ1n) is 7.63. The second kappa shape index (κ2) is 7.79. The molecule has 0 saturated heterocycles. The van der Waals surface area contributed by atoms with Crippen molar-refractivity contribution in [3.8, 4) is 0 Å². The lowest BCUT2D eigenvalue weighted by Gasteiger charge is -2.10. The lowest BCUT2D eigenvalue weighted by atomic mass is 10.1. The SMILES string of the molecule is CCNCc1ccccc1NC(=O)c1cc2c(C)nn(C)c2s1.Cl. The van der Waals surface area contributed by atoms with Gasteiger partial charge in [0.1, 0.15) is 4.83 Å². The van der Waals surface area contributed by atoms with Gasteiger partial charge in [0, 0.05) is 24.7 Å². The maximum Gasteiger partial charge on any atom is 0.265 e. The van der Waals surface area contributed by atoms with Crippen LogP contribution < -0.4 is 10.6 Å². The van der Waals surface area contributed by atoms with Crippen LogP contribution in [0.1, 0.15) is 27.9 Å². The summed E-state index contributed by atoms with van der Waals surface area (Å²) in [7, 11) is 1.90. The molecule has 2 aromatic heterocycles. The lowest BCUT2D eigenvalue weighted by Crippen LogP contribution is -2.16. The Labute approximate surface area is 151 Å². The first-order chi connectivity index (χ1) is 11.1. The monoisotopic (exact) mass is 364 g/mol. The van der Waals surface area contributed by atoms with Gasteiger partial charge in [-0.3, -0.25) is 9.48 Å². The summed E-state index contributed by atoms with van der Waals surface area (Å²) in [5, 5.41) is 11.7. The largest absolute Gasteiger partial charge is 0.321 e. The smallest absolute Gasteiger partial charge is 0.265 e. The number of nitrogens with zero attached hydrogens (tertiary/aromatic N) is 2. The van der Waals surface area contributed by atoms with Crippen LogP contribution in [0.5, 0.6) is 0 Å². The number of hydrogen-bond donors (Lipinski definition) is 2. The van der Waals surface area contributed by atoms with Crippen molar-refractivity contribution in [2.45, 2.75) is 20.4 Å². The Balaban J connectivity index is 0.00000208. The minimum absolute atomic E-state index is 0. The molecule has 7 heteroatoms. The quantitative estimate of drug-likeness (QED) is 0.725. The summed E-state index contributed by atoms with van der Waals surface area (Å²) in [6.45, 7) is 5.66. The van der Waals surface area contributed by atoms with Crippen molar-refractivity contribution in [3.05, 3.63) is 46.5 Å². The number of fused-ring (bicyclic) bond motifs is 1. The Bertz CT molecular complexity index is 821. The van der Waals surface area contributed by atoms with Crippen molar-refractivity contribution < 1.29 is 4.79 Å². The summed E-state index contributed by atoms with van der Waals surface area (Å²) in [5.74, 6) is -0.0745. The van der Waals surface area contributed by atoms with E-state index in [1.165, 1.54) is 11.3 Å². The van der Waals surface area contributed by atoms with E-state index in [4.69, 9.17) is 0 Å². The van der Waals surface area contributed by atoms with E-state index in [1.807, 2.05) is 49.0 Å². The van der Waals surface area contributed by atoms with Crippen LogP contribution >= 0.6 is 23.7 Å². The maximum atomic E-state index is 12.6. The highest BCUT2D eigenvalue weighted by molar-refractivity contribution is 7.20. The molecule has 3 rings (SSSR count). The fourth-order valence-corrected chi connectivity index (χ4v) is 3.58. The summed E-state index contributed by atoms with van der Waals surface area (Å²) >= 11 is 1.47. The van der Waals surface area contributed by atoms with Crippen LogP contribution in [0.25, 0.3) is 10.2 Å². The molecule has 3 aromatic rings. The minimum Gasteiger partial charge on any atom is -0.321 e. The number of nitrogens with one attached hydrogen (secondary N) is 2. The van der Waals surface area contributed by atoms with Crippen molar-refractivity contribution in [1.29, 1.82) is 0 Å². The molecule has 0 radical (unpaired) electrons. The van der Waals surface area contributed by atoms with Gasteiger partial charge in [0.15, 0.2) is 0 Å². The zero-order chi connectivity index (χ0) is 16.4. The van der Waals surface area contributed by atoms with Gasteiger partial charge in [-0.15, -0.1) is 23.7 Å². The van der Waals surface area contributed by atoms with Crippen LogP contribution in [-0.4, -0.2) is 22.2 Å². The molecular formula is C17H21ClN4OS. The Morgan fingerprint density at radius 1 is 1.33 bits per heavy atom. The summed E-state index contributed by atoms with van der Waals surface area (Å²) in [5.41, 5.74) is 2.89. The third-order valence-corrected chi connectivity index (χ3v) is 4.95. The minimum atomic E-state index is -0.0745. The predicted molar refractivity (Wildman–Crippen MR) is 102 cm³/mol. The predicted octanol–water partition coefficient (Wildman–Crippen LogP) is 3.73. The van der Waals surface area contributed by atoms with Crippen LogP contribution in [-0.2, 0) is 13.6 Å². The zero-order valence-electron chi connectivity index (χ0n) is 13.9. The lowest BCUT2D eigenvalue weighted by molar-refractivity contribution is 0.103. The van der Waals surface area contributed by atoms with Crippen molar-refractivity contribution in [1.82, 2.24) is 15.1 Å². The first-order valence-corrected chi connectivity index (χ1v) is 8.45. The number of anilines is 1. The average Bonchev–Trinajstić information content (AvgIpc) is 3.09. The number of para-hydroxylation sites is 1. The van der Waals surface area contributed by atoms with Crippen molar-refractivity contribution in [2.24, 2.45) is 7.05 Å². The summed E-state index contributed by atoms with van der Waals surface area (Å²) in [6.07, 6.45) is 0. The summed E-state index contributed by atoms with van der Waals surface area (Å²) < 4.78 is 1.82. The topological polar surface area (TPSA) is 58.9 Å². The second-order valence-electron chi connectivity index (χ2n) is 5.43. The molecule has 5 nitrogen and oxygen atoms in total. The third-order valence-electron chi connectivity index (χ3n) is 3.75. The highest BCUT2D eigenvalue weighted by atomic mass is 35.5. The number of hydrogen-bond acceptors (Lipinski definition) is 4. The van der Waals surface area contributed by atoms with Crippen LogP contribution in [0.2, 0.25) is 0 Å². The average molecular weight is 365 g/mol. The molecule has 0 atom stereocenters. The molecular weight excluding hydrogens is 344 g/mol. The first kappa shape index (κ1) is 18.4. The Kier molecular flexibility index (Phi) is 5.99. The number of aromatic nitrogens is 2. The zero-order valence-corrected chi connectivity index (χ0v) is 15.6. The van der Waals surface area contributed by atoms with Crippen molar-refractivity contribution >= 4 is 45.6 Å². The highest BCUT2D eigenvalue weighted by Gasteiger charge is 2.16. The number of halogens is 1. The molecule has 0 aliphatic carbocycles. The Hall–Kier alpha value is -1.89. The molecule has 0 aliphatic heterocycles. The van der Waals surface area contributed by atoms with Gasteiger partial charge in [-0.05, 0) is 31.2 Å². The number of carbonyl (C=O) groups is 1. The van der Waals surface area contributed by atoms with Crippen molar-refractivity contribution in [3.63, 3.8) is 0 Å². The van der Waals surface area contributed by atoms with E-state index < -0.39 is 0 Å². The van der Waals surface area contributed by atoms with Crippen LogP contribution in [0.3, 0.4) is 0 Å². The van der Waals surface area contributed by atoms with Gasteiger partial charge < -0.3 is 10.6 Å². The molecule has 1 amide bonds. The summed E-state index contributed by atoms with van der Waals surface area (Å²) in [4.78, 5) is 14.3. The number of benzene rings is 1. The van der Waals surface area contributed by atoms with E-state index >= 15 is 0 Å². The number of aryl methyl sites for hydroxylation is 2. The van der Waals surface area contributed by atoms with Gasteiger partial charge in [0.2, 0.25) is 0 Å². The molecule has 0 aliphatic rings. The van der Waals surface area contributed by atoms with Crippen molar-refractivity contribution in [2.75, 3.05) is 11.9 Å². The number of thiophene rings is 1. The van der Waals surface area contributed by atoms with E-state index in [0.29, 0.717) is 4.88 Å². The van der Waals surface area contributed by atoms with Crippen LogP contribution in [0.15, 0.2) is 30.3 Å². The molecule has 2 N–H and O–H groups in total. The molecule has 0 bridgehead atoms. The van der Waals surface area contributed by atoms with Crippen LogP contribution in [0.4, 0.5) is 5.69 Å². The standard InChI is InChI=1S/C17H20N4OS.ClH/c1-4-18-10-12-7-5-6-8-14(12)19-16(22)15-9-13-11(2)20-21(3)17(13)23-15;/h5-9,18H,4,10H2,1-3H3,(H,19,22);1H. The van der Waals surface area contributed by atoms with E-state index in [9.17, 15) is 4.79 Å². The number of carbonyl (C=O) groups excluding carboxylic acids is 1. The van der Waals surface area contributed by atoms with Gasteiger partial charge in [0.25, 0.3) is 5.91 Å². The number of amides is 1. The molecule has 128 valence electrons. The van der Waals surface area contributed by atoms with Crippen LogP contribution in [0, 0.1) is 6.92 Å². The fraction of sp³-hybridized carbons (Fsp3) is 0.294. The molecule has 0 unspecified atom stereocenters. The molecule has 0 saturated carbocycles. The van der Waals surface area contributed by atoms with E-state index in [2.05, 4.69) is 22.7 Å². The maximum absolute atomic E-state index is 12.6. The van der Waals surface area contributed by atoms with Gasteiger partial charge >= 0.3 is 0 Å². The van der Waals surface area contributed by atoms with E-state index in [1.54, 1.807) is 0 Å². The molecule has 0 spiro atoms. The molecule has 24 heavy (non-hydrogen) atoms. The second-order valence-corrected chi connectivity index (χ2v) is 6.46. The van der Waals surface area contributed by atoms with Gasteiger partial charge in [0.05, 0.1) is 10.6 Å². The Morgan fingerprint density at radius 2 is 2.08 bits per heavy atom. The molecule has 1 aromatic carbocycles. The molecule has 2 heterocycles. The third kappa shape index (κ3) is 3.61. The van der Waals surface area contributed by atoms with Gasteiger partial charge in [-0.2, -0.15) is 5.10 Å².